The normalized spacial score (nSPS) is 19.6. The molecule has 27 heavy (non-hydrogen) atoms. The van der Waals surface area contributed by atoms with Crippen molar-refractivity contribution in [3.63, 3.8) is 0 Å². The Kier molecular flexibility index (Phi) is 4.75. The molecule has 1 fully saturated rings. The number of carbonyl (C=O) groups excluding carboxylic acids is 1. The van der Waals surface area contributed by atoms with Gasteiger partial charge in [-0.15, -0.1) is 16.4 Å². The second kappa shape index (κ2) is 7.34. The maximum Gasteiger partial charge on any atom is 0.274 e. The van der Waals surface area contributed by atoms with Crippen molar-refractivity contribution in [2.24, 2.45) is 0 Å². The van der Waals surface area contributed by atoms with Gasteiger partial charge < -0.3 is 15.7 Å². The Labute approximate surface area is 159 Å². The summed E-state index contributed by atoms with van der Waals surface area (Å²) in [6, 6.07) is 5.38. The largest absolute Gasteiger partial charge is 0.391 e. The molecule has 1 aliphatic rings. The van der Waals surface area contributed by atoms with Gasteiger partial charge in [0.15, 0.2) is 0 Å². The minimum absolute atomic E-state index is 0.0898. The second-order valence-electron chi connectivity index (χ2n) is 6.50. The van der Waals surface area contributed by atoms with Crippen molar-refractivity contribution in [2.75, 3.05) is 10.6 Å². The molecular formula is C18H18N6O2S. The summed E-state index contributed by atoms with van der Waals surface area (Å²) in [6.07, 6.45) is 4.90. The number of hydrogen-bond acceptors (Lipinski definition) is 7. The van der Waals surface area contributed by atoms with E-state index in [1.807, 2.05) is 0 Å². The first-order valence-corrected chi connectivity index (χ1v) is 9.67. The average molecular weight is 382 g/mol. The van der Waals surface area contributed by atoms with E-state index in [0.717, 1.165) is 25.7 Å². The third-order valence-electron chi connectivity index (χ3n) is 4.71. The molecule has 0 bridgehead atoms. The zero-order chi connectivity index (χ0) is 18.8. The highest BCUT2D eigenvalue weighted by Gasteiger charge is 2.24. The Morgan fingerprint density at radius 1 is 1.33 bits per heavy atom. The molecule has 3 heterocycles. The average Bonchev–Trinajstić information content (AvgIpc) is 3.29. The van der Waals surface area contributed by atoms with Gasteiger partial charge >= 0.3 is 0 Å². The van der Waals surface area contributed by atoms with E-state index >= 15 is 0 Å². The Morgan fingerprint density at radius 3 is 3.00 bits per heavy atom. The molecule has 8 nitrogen and oxygen atoms in total. The number of aromatic nitrogens is 3. The van der Waals surface area contributed by atoms with E-state index in [0.29, 0.717) is 28.4 Å². The van der Waals surface area contributed by atoms with Crippen molar-refractivity contribution < 1.29 is 9.90 Å². The number of hydrogen-bond donors (Lipinski definition) is 3. The van der Waals surface area contributed by atoms with E-state index < -0.39 is 6.10 Å². The molecule has 1 amide bonds. The first kappa shape index (κ1) is 17.5. The minimum atomic E-state index is -0.423. The molecule has 0 aliphatic heterocycles. The Bertz CT molecular complexity index is 1020. The van der Waals surface area contributed by atoms with Gasteiger partial charge in [0.2, 0.25) is 5.95 Å². The van der Waals surface area contributed by atoms with Crippen LogP contribution in [-0.2, 0) is 0 Å². The first-order valence-electron chi connectivity index (χ1n) is 8.73. The van der Waals surface area contributed by atoms with Crippen LogP contribution in [0, 0.1) is 11.3 Å². The number of amides is 1. The number of nitrogens with zero attached hydrogens (tertiary/aromatic N) is 4. The maximum atomic E-state index is 12.7. The Hall–Kier alpha value is -2.96. The number of fused-ring (bicyclic) bond motifs is 1. The lowest BCUT2D eigenvalue weighted by Crippen LogP contribution is -2.37. The monoisotopic (exact) mass is 382 g/mol. The molecule has 4 rings (SSSR count). The fourth-order valence-corrected chi connectivity index (χ4v) is 3.96. The van der Waals surface area contributed by atoms with Crippen molar-refractivity contribution in [2.45, 2.75) is 37.8 Å². The third-order valence-corrected chi connectivity index (χ3v) is 5.45. The number of anilines is 2. The van der Waals surface area contributed by atoms with Crippen LogP contribution < -0.4 is 10.6 Å². The van der Waals surface area contributed by atoms with Gasteiger partial charge in [0, 0.05) is 10.8 Å². The number of thiophene rings is 1. The summed E-state index contributed by atoms with van der Waals surface area (Å²) in [6.45, 7) is 0. The Balaban J connectivity index is 1.58. The summed E-state index contributed by atoms with van der Waals surface area (Å²) >= 11 is 1.35. The van der Waals surface area contributed by atoms with Crippen molar-refractivity contribution in [1.82, 2.24) is 14.6 Å². The summed E-state index contributed by atoms with van der Waals surface area (Å²) in [5.41, 5.74) is 1.94. The number of rotatable bonds is 4. The standard InChI is InChI=1S/C18H18N6O2S/c19-7-11-9-27-10-14(11)21-17(26)15-6-5-12-8-20-18(23-24(12)15)22-13-3-1-2-4-16(13)25/h5-6,8-10,13,16,25H,1-4H2,(H,21,26)(H,22,23)/t13-,16+/m1/s1. The molecule has 0 unspecified atom stereocenters. The van der Waals surface area contributed by atoms with Gasteiger partial charge in [-0.25, -0.2) is 9.50 Å². The van der Waals surface area contributed by atoms with Crippen LogP contribution in [0.2, 0.25) is 0 Å². The van der Waals surface area contributed by atoms with Gasteiger partial charge in [-0.05, 0) is 25.0 Å². The third kappa shape index (κ3) is 3.49. The van der Waals surface area contributed by atoms with E-state index in [1.165, 1.54) is 15.9 Å². The summed E-state index contributed by atoms with van der Waals surface area (Å²) < 4.78 is 1.51. The lowest BCUT2D eigenvalue weighted by Gasteiger charge is -2.28. The summed E-state index contributed by atoms with van der Waals surface area (Å²) in [5, 5.41) is 33.0. The van der Waals surface area contributed by atoms with Gasteiger partial charge in [0.25, 0.3) is 5.91 Å². The molecule has 0 aromatic carbocycles. The van der Waals surface area contributed by atoms with Crippen molar-refractivity contribution in [3.05, 3.63) is 40.3 Å². The Morgan fingerprint density at radius 2 is 2.19 bits per heavy atom. The highest BCUT2D eigenvalue weighted by molar-refractivity contribution is 7.08. The molecule has 3 aromatic rings. The molecule has 1 saturated carbocycles. The summed E-state index contributed by atoms with van der Waals surface area (Å²) in [5.74, 6) is 0.0131. The fourth-order valence-electron chi connectivity index (χ4n) is 3.25. The molecule has 2 atom stereocenters. The number of carbonyl (C=O) groups is 1. The van der Waals surface area contributed by atoms with Gasteiger partial charge in [0.1, 0.15) is 11.8 Å². The molecule has 0 spiro atoms. The topological polar surface area (TPSA) is 115 Å². The molecule has 1 aliphatic carbocycles. The van der Waals surface area contributed by atoms with E-state index in [1.54, 1.807) is 29.1 Å². The van der Waals surface area contributed by atoms with E-state index in [2.05, 4.69) is 26.8 Å². The van der Waals surface area contributed by atoms with E-state index in [9.17, 15) is 9.90 Å². The van der Waals surface area contributed by atoms with Crippen LogP contribution in [0.25, 0.3) is 5.52 Å². The predicted octanol–water partition coefficient (Wildman–Crippen LogP) is 2.63. The van der Waals surface area contributed by atoms with Crippen LogP contribution in [0.3, 0.4) is 0 Å². The molecular weight excluding hydrogens is 364 g/mol. The van der Waals surface area contributed by atoms with Crippen LogP contribution in [0.5, 0.6) is 0 Å². The first-order chi connectivity index (χ1) is 13.2. The molecule has 0 radical (unpaired) electrons. The number of aliphatic hydroxyl groups excluding tert-OH is 1. The smallest absolute Gasteiger partial charge is 0.274 e. The van der Waals surface area contributed by atoms with Crippen LogP contribution >= 0.6 is 11.3 Å². The van der Waals surface area contributed by atoms with Gasteiger partial charge in [-0.1, -0.05) is 12.8 Å². The van der Waals surface area contributed by atoms with Crippen LogP contribution in [0.1, 0.15) is 41.7 Å². The highest BCUT2D eigenvalue weighted by Crippen LogP contribution is 2.22. The molecule has 3 N–H and O–H groups in total. The van der Waals surface area contributed by atoms with Crippen molar-refractivity contribution in [3.8, 4) is 6.07 Å². The van der Waals surface area contributed by atoms with Crippen LogP contribution in [0.15, 0.2) is 29.1 Å². The maximum absolute atomic E-state index is 12.7. The zero-order valence-corrected chi connectivity index (χ0v) is 15.2. The second-order valence-corrected chi connectivity index (χ2v) is 7.25. The molecule has 0 saturated heterocycles. The van der Waals surface area contributed by atoms with Gasteiger partial charge in [-0.3, -0.25) is 4.79 Å². The van der Waals surface area contributed by atoms with Crippen molar-refractivity contribution in [1.29, 1.82) is 5.26 Å². The predicted molar refractivity (Wildman–Crippen MR) is 102 cm³/mol. The number of aliphatic hydroxyl groups is 1. The zero-order valence-electron chi connectivity index (χ0n) is 14.4. The molecule has 138 valence electrons. The lowest BCUT2D eigenvalue weighted by molar-refractivity contribution is 0.102. The molecule has 3 aromatic heterocycles. The highest BCUT2D eigenvalue weighted by atomic mass is 32.1. The van der Waals surface area contributed by atoms with Crippen LogP contribution in [-0.4, -0.2) is 37.8 Å². The number of nitrogens with one attached hydrogen (secondary N) is 2. The minimum Gasteiger partial charge on any atom is -0.391 e. The van der Waals surface area contributed by atoms with Crippen molar-refractivity contribution >= 4 is 34.4 Å². The summed E-state index contributed by atoms with van der Waals surface area (Å²) in [7, 11) is 0. The van der Waals surface area contributed by atoms with E-state index in [-0.39, 0.29) is 11.9 Å². The van der Waals surface area contributed by atoms with Gasteiger partial charge in [-0.2, -0.15) is 5.26 Å². The summed E-state index contributed by atoms with van der Waals surface area (Å²) in [4.78, 5) is 16.9. The van der Waals surface area contributed by atoms with Crippen LogP contribution in [0.4, 0.5) is 11.6 Å². The van der Waals surface area contributed by atoms with E-state index in [4.69, 9.17) is 5.26 Å². The fraction of sp³-hybridized carbons (Fsp3) is 0.333. The quantitative estimate of drug-likeness (QED) is 0.639. The SMILES string of the molecule is N#Cc1cscc1NC(=O)c1ccc2cnc(N[C@@H]3CCCC[C@@H]3O)nn12. The molecule has 9 heteroatoms. The van der Waals surface area contributed by atoms with Gasteiger partial charge in [0.05, 0.1) is 35.1 Å². The number of nitriles is 1. The lowest BCUT2D eigenvalue weighted by atomic mass is 9.93.